The first-order chi connectivity index (χ1) is 12.8. The first-order valence-corrected chi connectivity index (χ1v) is 9.96. The number of guanidine groups is 1. The normalized spacial score (nSPS) is 14.0. The van der Waals surface area contributed by atoms with Crippen molar-refractivity contribution in [3.05, 3.63) is 47.5 Å². The van der Waals surface area contributed by atoms with Crippen molar-refractivity contribution in [3.8, 4) is 11.5 Å². The molecule has 0 saturated carbocycles. The van der Waals surface area contributed by atoms with Gasteiger partial charge in [0.1, 0.15) is 0 Å². The van der Waals surface area contributed by atoms with Crippen molar-refractivity contribution < 1.29 is 17.9 Å². The number of rotatable bonds is 4. The van der Waals surface area contributed by atoms with Crippen molar-refractivity contribution in [1.82, 2.24) is 0 Å². The minimum absolute atomic E-state index is 0. The Labute approximate surface area is 181 Å². The number of nitrogens with one attached hydrogen (secondary N) is 1. The molecule has 0 amide bonds. The average molecular weight is 518 g/mol. The summed E-state index contributed by atoms with van der Waals surface area (Å²) in [5.41, 5.74) is 8.08. The zero-order valence-electron chi connectivity index (χ0n) is 15.3. The molecule has 1 aliphatic rings. The fraction of sp³-hybridized carbons (Fsp3) is 0.278. The number of hydrogen-bond donors (Lipinski definition) is 3. The van der Waals surface area contributed by atoms with E-state index in [0.29, 0.717) is 36.8 Å². The molecule has 0 unspecified atom stereocenters. The van der Waals surface area contributed by atoms with Gasteiger partial charge < -0.3 is 20.5 Å². The van der Waals surface area contributed by atoms with Crippen LogP contribution >= 0.6 is 24.0 Å². The van der Waals surface area contributed by atoms with E-state index in [1.54, 1.807) is 19.1 Å². The Bertz CT molecular complexity index is 980. The molecule has 0 aliphatic carbocycles. The van der Waals surface area contributed by atoms with E-state index in [-0.39, 0.29) is 34.8 Å². The largest absolute Gasteiger partial charge is 0.490 e. The second kappa shape index (κ2) is 9.43. The van der Waals surface area contributed by atoms with E-state index in [9.17, 15) is 8.42 Å². The van der Waals surface area contributed by atoms with E-state index in [4.69, 9.17) is 20.3 Å². The Morgan fingerprint density at radius 3 is 2.54 bits per heavy atom. The van der Waals surface area contributed by atoms with Crippen molar-refractivity contribution in [2.75, 3.05) is 18.5 Å². The number of aliphatic imine (C=N–C) groups is 1. The van der Waals surface area contributed by atoms with Crippen molar-refractivity contribution in [2.24, 2.45) is 15.9 Å². The van der Waals surface area contributed by atoms with Crippen molar-refractivity contribution in [3.63, 3.8) is 0 Å². The van der Waals surface area contributed by atoms with E-state index in [2.05, 4.69) is 10.3 Å². The number of sulfonamides is 1. The number of halogens is 1. The molecule has 0 spiro atoms. The molecule has 10 heteroatoms. The standard InChI is InChI=1S/C18H22N4O4S.HI/c1-12-9-13(3-6-17(12)27(20,23)24)11-21-18(19)22-14-4-5-15-16(10-14)26-8-2-7-25-15;/h3-6,9-10H,2,7-8,11H2,1H3,(H3,19,21,22)(H2,20,23,24);1H. The third-order valence-electron chi connectivity index (χ3n) is 4.00. The molecular formula is C18H23IN4O4S. The summed E-state index contributed by atoms with van der Waals surface area (Å²) in [6.07, 6.45) is 0.838. The van der Waals surface area contributed by atoms with E-state index in [1.165, 1.54) is 6.07 Å². The molecule has 0 aromatic heterocycles. The van der Waals surface area contributed by atoms with Crippen LogP contribution in [0.4, 0.5) is 5.69 Å². The van der Waals surface area contributed by atoms with Crippen LogP contribution in [-0.2, 0) is 16.6 Å². The lowest BCUT2D eigenvalue weighted by molar-refractivity contribution is 0.297. The van der Waals surface area contributed by atoms with Gasteiger partial charge in [-0.25, -0.2) is 18.5 Å². The second-order valence-electron chi connectivity index (χ2n) is 6.18. The summed E-state index contributed by atoms with van der Waals surface area (Å²) in [5, 5.41) is 8.18. The zero-order valence-corrected chi connectivity index (χ0v) is 18.5. The second-order valence-corrected chi connectivity index (χ2v) is 7.71. The van der Waals surface area contributed by atoms with E-state index in [0.717, 1.165) is 17.7 Å². The van der Waals surface area contributed by atoms with E-state index < -0.39 is 10.0 Å². The average Bonchev–Trinajstić information content (AvgIpc) is 2.84. The van der Waals surface area contributed by atoms with Gasteiger partial charge in [0.2, 0.25) is 10.0 Å². The highest BCUT2D eigenvalue weighted by molar-refractivity contribution is 14.0. The number of hydrogen-bond acceptors (Lipinski definition) is 5. The van der Waals surface area contributed by atoms with Crippen LogP contribution in [-0.4, -0.2) is 27.6 Å². The van der Waals surface area contributed by atoms with Crippen LogP contribution in [0, 0.1) is 6.92 Å². The molecule has 0 saturated heterocycles. The molecule has 28 heavy (non-hydrogen) atoms. The number of nitrogens with two attached hydrogens (primary N) is 2. The van der Waals surface area contributed by atoms with Gasteiger partial charge in [-0.3, -0.25) is 0 Å². The van der Waals surface area contributed by atoms with Crippen molar-refractivity contribution in [1.29, 1.82) is 0 Å². The van der Waals surface area contributed by atoms with Gasteiger partial charge in [-0.15, -0.1) is 24.0 Å². The van der Waals surface area contributed by atoms with Crippen LogP contribution in [0.3, 0.4) is 0 Å². The number of benzene rings is 2. The summed E-state index contributed by atoms with van der Waals surface area (Å²) >= 11 is 0. The minimum Gasteiger partial charge on any atom is -0.490 e. The van der Waals surface area contributed by atoms with E-state index >= 15 is 0 Å². The van der Waals surface area contributed by atoms with Crippen LogP contribution in [0.25, 0.3) is 0 Å². The van der Waals surface area contributed by atoms with Crippen LogP contribution in [0.5, 0.6) is 11.5 Å². The van der Waals surface area contributed by atoms with Gasteiger partial charge in [0.15, 0.2) is 17.5 Å². The number of anilines is 1. The predicted octanol–water partition coefficient (Wildman–Crippen LogP) is 2.35. The Morgan fingerprint density at radius 1 is 1.14 bits per heavy atom. The third-order valence-corrected chi connectivity index (χ3v) is 5.07. The lowest BCUT2D eigenvalue weighted by atomic mass is 10.1. The third kappa shape index (κ3) is 5.72. The number of fused-ring (bicyclic) bond motifs is 1. The Hall–Kier alpha value is -2.05. The molecule has 8 nitrogen and oxygen atoms in total. The maximum absolute atomic E-state index is 11.5. The van der Waals surface area contributed by atoms with Crippen LogP contribution in [0.1, 0.15) is 17.5 Å². The Balaban J connectivity index is 0.00000280. The van der Waals surface area contributed by atoms with Gasteiger partial charge in [-0.2, -0.15) is 0 Å². The highest BCUT2D eigenvalue weighted by atomic mass is 127. The topological polar surface area (TPSA) is 129 Å². The van der Waals surface area contributed by atoms with Crippen LogP contribution in [0.15, 0.2) is 46.3 Å². The first-order valence-electron chi connectivity index (χ1n) is 8.42. The Kier molecular flexibility index (Phi) is 7.49. The lowest BCUT2D eigenvalue weighted by Gasteiger charge is -2.11. The fourth-order valence-electron chi connectivity index (χ4n) is 2.73. The number of ether oxygens (including phenoxy) is 2. The van der Waals surface area contributed by atoms with Gasteiger partial charge in [0.05, 0.1) is 24.7 Å². The van der Waals surface area contributed by atoms with Crippen molar-refractivity contribution in [2.45, 2.75) is 24.8 Å². The molecule has 2 aromatic carbocycles. The smallest absolute Gasteiger partial charge is 0.238 e. The van der Waals surface area contributed by atoms with Crippen molar-refractivity contribution >= 4 is 45.6 Å². The fourth-order valence-corrected chi connectivity index (χ4v) is 3.50. The predicted molar refractivity (Wildman–Crippen MR) is 119 cm³/mol. The molecule has 0 atom stereocenters. The highest BCUT2D eigenvalue weighted by Gasteiger charge is 2.12. The molecule has 0 fully saturated rings. The number of nitrogens with zero attached hydrogens (tertiary/aromatic N) is 1. The molecule has 0 bridgehead atoms. The lowest BCUT2D eigenvalue weighted by Crippen LogP contribution is -2.22. The summed E-state index contributed by atoms with van der Waals surface area (Å²) in [6, 6.07) is 10.3. The van der Waals surface area contributed by atoms with E-state index in [1.807, 2.05) is 18.2 Å². The highest BCUT2D eigenvalue weighted by Crippen LogP contribution is 2.32. The Morgan fingerprint density at radius 2 is 1.86 bits per heavy atom. The van der Waals surface area contributed by atoms with Gasteiger partial charge >= 0.3 is 0 Å². The van der Waals surface area contributed by atoms with Crippen LogP contribution in [0.2, 0.25) is 0 Å². The molecule has 1 heterocycles. The van der Waals surface area contributed by atoms with Crippen LogP contribution < -0.4 is 25.7 Å². The SMILES string of the molecule is Cc1cc(CN=C(N)Nc2ccc3c(c2)OCCCO3)ccc1S(N)(=O)=O.I. The molecule has 152 valence electrons. The van der Waals surface area contributed by atoms with Gasteiger partial charge in [-0.1, -0.05) is 12.1 Å². The molecule has 1 aliphatic heterocycles. The van der Waals surface area contributed by atoms with Gasteiger partial charge in [0, 0.05) is 18.2 Å². The molecule has 5 N–H and O–H groups in total. The van der Waals surface area contributed by atoms with Gasteiger partial charge in [0.25, 0.3) is 0 Å². The summed E-state index contributed by atoms with van der Waals surface area (Å²) < 4.78 is 34.2. The molecular weight excluding hydrogens is 495 g/mol. The summed E-state index contributed by atoms with van der Waals surface area (Å²) in [4.78, 5) is 4.39. The number of aryl methyl sites for hydroxylation is 1. The quantitative estimate of drug-likeness (QED) is 0.324. The minimum atomic E-state index is -3.73. The summed E-state index contributed by atoms with van der Waals surface area (Å²) in [6.45, 7) is 3.22. The maximum atomic E-state index is 11.5. The summed E-state index contributed by atoms with van der Waals surface area (Å²) in [5.74, 6) is 1.61. The summed E-state index contributed by atoms with van der Waals surface area (Å²) in [7, 11) is -3.73. The zero-order chi connectivity index (χ0) is 19.4. The molecule has 2 aromatic rings. The molecule has 0 radical (unpaired) electrons. The molecule has 3 rings (SSSR count). The number of primary sulfonamides is 1. The first kappa shape index (κ1) is 22.2. The van der Waals surface area contributed by atoms with Gasteiger partial charge in [-0.05, 0) is 36.2 Å². The monoisotopic (exact) mass is 518 g/mol. The maximum Gasteiger partial charge on any atom is 0.238 e.